The Balaban J connectivity index is 0.000000366. The average molecular weight is 701 g/mol. The van der Waals surface area contributed by atoms with E-state index in [2.05, 4.69) is 13.2 Å². The van der Waals surface area contributed by atoms with E-state index in [0.29, 0.717) is 36.4 Å². The highest BCUT2D eigenvalue weighted by atomic mass is 16.5. The summed E-state index contributed by atoms with van der Waals surface area (Å²) in [5, 5.41) is 9.55. The van der Waals surface area contributed by atoms with E-state index in [1.165, 1.54) is 18.2 Å². The van der Waals surface area contributed by atoms with Crippen LogP contribution in [0.4, 0.5) is 0 Å². The number of carbonyl (C=O) groups is 4. The van der Waals surface area contributed by atoms with Crippen molar-refractivity contribution < 1.29 is 48.0 Å². The van der Waals surface area contributed by atoms with Crippen LogP contribution in [0.15, 0.2) is 43.5 Å². The lowest BCUT2D eigenvalue weighted by molar-refractivity contribution is -0.141. The average Bonchev–Trinajstić information content (AvgIpc) is 3.12. The summed E-state index contributed by atoms with van der Waals surface area (Å²) in [5.74, 6) is 0.244. The molecule has 280 valence electrons. The van der Waals surface area contributed by atoms with Gasteiger partial charge in [-0.15, -0.1) is 0 Å². The minimum Gasteiger partial charge on any atom is -0.508 e. The molecule has 3 rings (SSSR count). The number of benzene rings is 1. The number of phenols is 1. The number of phenolic OH excluding ortho intramolecular Hbond substituents is 1. The summed E-state index contributed by atoms with van der Waals surface area (Å²) >= 11 is 0. The topological polar surface area (TPSA) is 135 Å². The number of aromatic hydroxyl groups is 1. The van der Waals surface area contributed by atoms with Crippen LogP contribution in [0.3, 0.4) is 0 Å². The molecule has 2 aliphatic carbocycles. The Hall–Kier alpha value is -3.50. The van der Waals surface area contributed by atoms with Crippen LogP contribution >= 0.6 is 0 Å². The minimum atomic E-state index is -0.369. The maximum absolute atomic E-state index is 12.4. The Morgan fingerprint density at radius 3 is 1.54 bits per heavy atom. The van der Waals surface area contributed by atoms with E-state index in [1.54, 1.807) is 26.0 Å². The third-order valence-corrected chi connectivity index (χ3v) is 9.25. The van der Waals surface area contributed by atoms with Crippen molar-refractivity contribution in [1.82, 2.24) is 0 Å². The standard InChI is InChI=1S/C23H32O6.C17H28O4/c1-3-22(25)28-15-7-5-4-6-14-27-19-10-8-18(9-11-19)23(26)29-20-12-13-21(24)17(2)16-20;1-3-17(19)21-13-7-5-4-6-12-20-16-10-8-15(9-11-16)14(2)18/h3,12-13,16,18-19,24H,1,4-11,14-15H2,2H3;3,15-16H,1,4-13H2,2H3. The molecular formula is C40H60O10. The molecule has 0 aromatic heterocycles. The zero-order valence-corrected chi connectivity index (χ0v) is 30.4. The monoisotopic (exact) mass is 700 g/mol. The Bertz CT molecular complexity index is 1180. The Labute approximate surface area is 298 Å². The number of ether oxygens (including phenoxy) is 5. The molecule has 0 radical (unpaired) electrons. The van der Waals surface area contributed by atoms with Gasteiger partial charge < -0.3 is 28.8 Å². The summed E-state index contributed by atoms with van der Waals surface area (Å²) in [6.45, 7) is 12.6. The maximum Gasteiger partial charge on any atom is 0.330 e. The van der Waals surface area contributed by atoms with Crippen molar-refractivity contribution in [2.75, 3.05) is 26.4 Å². The highest BCUT2D eigenvalue weighted by molar-refractivity contribution is 5.81. The molecular weight excluding hydrogens is 640 g/mol. The lowest BCUT2D eigenvalue weighted by Crippen LogP contribution is -2.29. The number of unbranched alkanes of at least 4 members (excludes halogenated alkanes) is 6. The largest absolute Gasteiger partial charge is 0.508 e. The van der Waals surface area contributed by atoms with E-state index < -0.39 is 0 Å². The number of ketones is 1. The van der Waals surface area contributed by atoms with E-state index in [0.717, 1.165) is 116 Å². The van der Waals surface area contributed by atoms with Crippen LogP contribution in [-0.2, 0) is 38.1 Å². The molecule has 0 heterocycles. The molecule has 0 spiro atoms. The van der Waals surface area contributed by atoms with Gasteiger partial charge in [0.2, 0.25) is 0 Å². The number of hydrogen-bond donors (Lipinski definition) is 1. The van der Waals surface area contributed by atoms with Gasteiger partial charge in [0.25, 0.3) is 0 Å². The van der Waals surface area contributed by atoms with Gasteiger partial charge in [0.15, 0.2) is 0 Å². The summed E-state index contributed by atoms with van der Waals surface area (Å²) in [6.07, 6.45) is 18.1. The van der Waals surface area contributed by atoms with Crippen LogP contribution in [0.1, 0.15) is 115 Å². The van der Waals surface area contributed by atoms with Crippen molar-refractivity contribution >= 4 is 23.7 Å². The Kier molecular flexibility index (Phi) is 21.7. The molecule has 1 aromatic rings. The normalized spacial score (nSPS) is 20.0. The number of esters is 3. The number of rotatable bonds is 21. The van der Waals surface area contributed by atoms with E-state index in [9.17, 15) is 24.3 Å². The summed E-state index contributed by atoms with van der Waals surface area (Å²) < 4.78 is 27.1. The number of hydrogen-bond acceptors (Lipinski definition) is 10. The predicted molar refractivity (Wildman–Crippen MR) is 192 cm³/mol. The maximum atomic E-state index is 12.4. The first kappa shape index (κ1) is 42.7. The molecule has 50 heavy (non-hydrogen) atoms. The van der Waals surface area contributed by atoms with E-state index in [1.807, 2.05) is 0 Å². The van der Waals surface area contributed by atoms with Crippen LogP contribution < -0.4 is 4.74 Å². The number of Topliss-reactive ketones (excluding diaryl/α,β-unsaturated/α-hetero) is 1. The molecule has 1 aromatic carbocycles. The smallest absolute Gasteiger partial charge is 0.330 e. The van der Waals surface area contributed by atoms with Crippen LogP contribution in [0.2, 0.25) is 0 Å². The molecule has 1 N–H and O–H groups in total. The second-order valence-corrected chi connectivity index (χ2v) is 13.2. The van der Waals surface area contributed by atoms with Gasteiger partial charge in [0, 0.05) is 31.3 Å². The molecule has 0 bridgehead atoms. The Morgan fingerprint density at radius 1 is 0.680 bits per heavy atom. The summed E-state index contributed by atoms with van der Waals surface area (Å²) in [4.78, 5) is 45.3. The SMILES string of the molecule is C=CC(=O)OCCCCCCOC1CCC(C(=O)Oc2ccc(O)c(C)c2)CC1.C=CC(=O)OCCCCCCOC1CCC(C(C)=O)CC1. The van der Waals surface area contributed by atoms with Gasteiger partial charge >= 0.3 is 17.9 Å². The van der Waals surface area contributed by atoms with Crippen molar-refractivity contribution in [3.63, 3.8) is 0 Å². The van der Waals surface area contributed by atoms with Gasteiger partial charge in [-0.1, -0.05) is 26.0 Å². The molecule has 2 fully saturated rings. The first-order valence-electron chi connectivity index (χ1n) is 18.5. The molecule has 2 aliphatic rings. The molecule has 0 unspecified atom stereocenters. The molecule has 0 atom stereocenters. The highest BCUT2D eigenvalue weighted by Gasteiger charge is 2.28. The molecule has 10 heteroatoms. The van der Waals surface area contributed by atoms with Crippen LogP contribution in [0.5, 0.6) is 11.5 Å². The van der Waals surface area contributed by atoms with Crippen LogP contribution in [0, 0.1) is 18.8 Å². The predicted octanol–water partition coefficient (Wildman–Crippen LogP) is 7.91. The lowest BCUT2D eigenvalue weighted by Gasteiger charge is -2.27. The van der Waals surface area contributed by atoms with E-state index in [-0.39, 0.29) is 41.6 Å². The fourth-order valence-corrected chi connectivity index (χ4v) is 6.07. The van der Waals surface area contributed by atoms with Gasteiger partial charge in [-0.25, -0.2) is 9.59 Å². The van der Waals surface area contributed by atoms with E-state index in [4.69, 9.17) is 23.7 Å². The lowest BCUT2D eigenvalue weighted by atomic mass is 9.85. The van der Waals surface area contributed by atoms with Crippen LogP contribution in [0.25, 0.3) is 0 Å². The highest BCUT2D eigenvalue weighted by Crippen LogP contribution is 2.30. The summed E-state index contributed by atoms with van der Waals surface area (Å²) in [6, 6.07) is 4.82. The van der Waals surface area contributed by atoms with Crippen molar-refractivity contribution in [3.8, 4) is 11.5 Å². The molecule has 0 saturated heterocycles. The summed E-state index contributed by atoms with van der Waals surface area (Å²) in [7, 11) is 0. The van der Waals surface area contributed by atoms with Gasteiger partial charge in [-0.3, -0.25) is 9.59 Å². The van der Waals surface area contributed by atoms with Gasteiger partial charge in [0.05, 0.1) is 31.3 Å². The summed E-state index contributed by atoms with van der Waals surface area (Å²) in [5.41, 5.74) is 0.685. The second kappa shape index (κ2) is 25.5. The van der Waals surface area contributed by atoms with Crippen molar-refractivity contribution in [2.45, 2.75) is 129 Å². The quantitative estimate of drug-likeness (QED) is 0.0583. The fraction of sp³-hybridized carbons (Fsp3) is 0.650. The van der Waals surface area contributed by atoms with Crippen molar-refractivity contribution in [2.24, 2.45) is 11.8 Å². The molecule has 10 nitrogen and oxygen atoms in total. The third-order valence-electron chi connectivity index (χ3n) is 9.25. The zero-order valence-electron chi connectivity index (χ0n) is 30.4. The third kappa shape index (κ3) is 18.5. The zero-order chi connectivity index (χ0) is 36.6. The first-order valence-corrected chi connectivity index (χ1v) is 18.5. The van der Waals surface area contributed by atoms with Crippen molar-refractivity contribution in [3.05, 3.63) is 49.1 Å². The minimum absolute atomic E-state index is 0.0952. The Morgan fingerprint density at radius 2 is 1.12 bits per heavy atom. The van der Waals surface area contributed by atoms with Gasteiger partial charge in [-0.2, -0.15) is 0 Å². The molecule has 0 aliphatic heterocycles. The van der Waals surface area contributed by atoms with Gasteiger partial charge in [0.1, 0.15) is 17.3 Å². The van der Waals surface area contributed by atoms with Crippen molar-refractivity contribution in [1.29, 1.82) is 0 Å². The molecule has 2 saturated carbocycles. The fourth-order valence-electron chi connectivity index (χ4n) is 6.07. The number of carbonyl (C=O) groups excluding carboxylic acids is 4. The van der Waals surface area contributed by atoms with Gasteiger partial charge in [-0.05, 0) is 128 Å². The van der Waals surface area contributed by atoms with E-state index >= 15 is 0 Å². The first-order chi connectivity index (χ1) is 24.1. The van der Waals surface area contributed by atoms with Crippen LogP contribution in [-0.4, -0.2) is 67.4 Å². The second-order valence-electron chi connectivity index (χ2n) is 13.2. The number of aryl methyl sites for hydroxylation is 1. The molecule has 0 amide bonds.